The number of halogens is 1. The number of nitrogens with zero attached hydrogens (tertiary/aromatic N) is 2. The number of carbonyl (C=O) groups is 2. The number of amides is 1. The molecule has 6 nitrogen and oxygen atoms in total. The molecule has 0 unspecified atom stereocenters. The Kier molecular flexibility index (Phi) is 5.57. The van der Waals surface area contributed by atoms with Gasteiger partial charge in [-0.25, -0.2) is 9.97 Å². The van der Waals surface area contributed by atoms with Crippen LogP contribution in [0.25, 0.3) is 0 Å². The van der Waals surface area contributed by atoms with Gasteiger partial charge in [0.15, 0.2) is 0 Å². The normalized spacial score (nSPS) is 17.0. The summed E-state index contributed by atoms with van der Waals surface area (Å²) in [6.07, 6.45) is 5.35. The summed E-state index contributed by atoms with van der Waals surface area (Å²) >= 11 is 6.01. The molecular formula is C16H22ClN3O3. The number of carboxylic acid groups (broad SMARTS) is 1. The fraction of sp³-hybridized carbons (Fsp3) is 0.625. The third-order valence-corrected chi connectivity index (χ3v) is 4.62. The molecule has 23 heavy (non-hydrogen) atoms. The second kappa shape index (κ2) is 7.25. The average Bonchev–Trinajstić information content (AvgIpc) is 2.53. The van der Waals surface area contributed by atoms with Crippen molar-refractivity contribution in [3.8, 4) is 0 Å². The highest BCUT2D eigenvalue weighted by Crippen LogP contribution is 2.36. The zero-order valence-corrected chi connectivity index (χ0v) is 14.2. The number of carbonyl (C=O) groups excluding carboxylic acids is 1. The van der Waals surface area contributed by atoms with Crippen LogP contribution >= 0.6 is 11.6 Å². The average molecular weight is 340 g/mol. The number of carboxylic acids is 1. The SMILES string of the molecule is CC(C)c1ncc(Cl)c(C(=O)NCC2(C(=O)O)CCCCC2)n1. The predicted octanol–water partition coefficient (Wildman–Crippen LogP) is 3.02. The highest BCUT2D eigenvalue weighted by Gasteiger charge is 2.40. The van der Waals surface area contributed by atoms with Crippen LogP contribution < -0.4 is 5.32 Å². The van der Waals surface area contributed by atoms with Crippen molar-refractivity contribution in [2.24, 2.45) is 5.41 Å². The zero-order valence-electron chi connectivity index (χ0n) is 13.4. The molecule has 0 atom stereocenters. The molecule has 1 heterocycles. The van der Waals surface area contributed by atoms with E-state index in [2.05, 4.69) is 15.3 Å². The monoisotopic (exact) mass is 339 g/mol. The Labute approximate surface area is 140 Å². The molecule has 1 aromatic rings. The van der Waals surface area contributed by atoms with Gasteiger partial charge in [-0.2, -0.15) is 0 Å². The number of hydrogen-bond donors (Lipinski definition) is 2. The number of aliphatic carboxylic acids is 1. The van der Waals surface area contributed by atoms with Crippen molar-refractivity contribution in [3.63, 3.8) is 0 Å². The van der Waals surface area contributed by atoms with Crippen molar-refractivity contribution < 1.29 is 14.7 Å². The Morgan fingerprint density at radius 3 is 2.57 bits per heavy atom. The molecule has 0 saturated heterocycles. The quantitative estimate of drug-likeness (QED) is 0.860. The standard InChI is InChI=1S/C16H22ClN3O3/c1-10(2)13-18-8-11(17)12(20-13)14(21)19-9-16(15(22)23)6-4-3-5-7-16/h8,10H,3-7,9H2,1-2H3,(H,19,21)(H,22,23). The lowest BCUT2D eigenvalue weighted by Crippen LogP contribution is -2.44. The van der Waals surface area contributed by atoms with E-state index < -0.39 is 17.3 Å². The van der Waals surface area contributed by atoms with Gasteiger partial charge in [0.1, 0.15) is 11.5 Å². The van der Waals surface area contributed by atoms with E-state index in [4.69, 9.17) is 11.6 Å². The van der Waals surface area contributed by atoms with Crippen molar-refractivity contribution in [2.75, 3.05) is 6.54 Å². The molecule has 126 valence electrons. The van der Waals surface area contributed by atoms with E-state index in [0.29, 0.717) is 18.7 Å². The van der Waals surface area contributed by atoms with Crippen LogP contribution in [-0.4, -0.2) is 33.5 Å². The Morgan fingerprint density at radius 1 is 1.35 bits per heavy atom. The molecule has 2 N–H and O–H groups in total. The van der Waals surface area contributed by atoms with Crippen LogP contribution in [-0.2, 0) is 4.79 Å². The van der Waals surface area contributed by atoms with Gasteiger partial charge in [0.05, 0.1) is 16.6 Å². The summed E-state index contributed by atoms with van der Waals surface area (Å²) in [6.45, 7) is 3.94. The summed E-state index contributed by atoms with van der Waals surface area (Å²) < 4.78 is 0. The molecule has 1 aliphatic rings. The van der Waals surface area contributed by atoms with Crippen molar-refractivity contribution in [2.45, 2.75) is 51.9 Å². The molecule has 1 amide bonds. The Balaban J connectivity index is 2.12. The van der Waals surface area contributed by atoms with E-state index in [1.165, 1.54) is 6.20 Å². The highest BCUT2D eigenvalue weighted by molar-refractivity contribution is 6.33. The van der Waals surface area contributed by atoms with Crippen LogP contribution in [0.1, 0.15) is 68.2 Å². The Bertz CT molecular complexity index is 598. The first-order valence-electron chi connectivity index (χ1n) is 7.90. The highest BCUT2D eigenvalue weighted by atomic mass is 35.5. The van der Waals surface area contributed by atoms with Crippen LogP contribution in [0.5, 0.6) is 0 Å². The smallest absolute Gasteiger partial charge is 0.311 e. The summed E-state index contributed by atoms with van der Waals surface area (Å²) in [4.78, 5) is 32.3. The van der Waals surface area contributed by atoms with E-state index in [0.717, 1.165) is 19.3 Å². The topological polar surface area (TPSA) is 92.2 Å². The molecule has 1 fully saturated rings. The van der Waals surface area contributed by atoms with Crippen LogP contribution in [0.3, 0.4) is 0 Å². The molecule has 0 bridgehead atoms. The van der Waals surface area contributed by atoms with Gasteiger partial charge in [-0.15, -0.1) is 0 Å². The minimum atomic E-state index is -0.881. The third-order valence-electron chi connectivity index (χ3n) is 4.35. The first-order chi connectivity index (χ1) is 10.9. The molecule has 1 aromatic heterocycles. The maximum atomic E-state index is 12.4. The van der Waals surface area contributed by atoms with Gasteiger partial charge in [-0.05, 0) is 12.8 Å². The predicted molar refractivity (Wildman–Crippen MR) is 86.6 cm³/mol. The van der Waals surface area contributed by atoms with Gasteiger partial charge >= 0.3 is 5.97 Å². The number of nitrogens with one attached hydrogen (secondary N) is 1. The van der Waals surface area contributed by atoms with E-state index in [-0.39, 0.29) is 23.2 Å². The molecule has 0 aromatic carbocycles. The van der Waals surface area contributed by atoms with Crippen LogP contribution in [0.2, 0.25) is 5.02 Å². The van der Waals surface area contributed by atoms with Crippen molar-refractivity contribution in [1.82, 2.24) is 15.3 Å². The van der Waals surface area contributed by atoms with Crippen LogP contribution in [0.4, 0.5) is 0 Å². The van der Waals surface area contributed by atoms with Crippen molar-refractivity contribution in [1.29, 1.82) is 0 Å². The number of rotatable bonds is 5. The number of aromatic nitrogens is 2. The fourth-order valence-corrected chi connectivity index (χ4v) is 3.02. The fourth-order valence-electron chi connectivity index (χ4n) is 2.85. The summed E-state index contributed by atoms with van der Waals surface area (Å²) in [6, 6.07) is 0. The third kappa shape index (κ3) is 3.99. The van der Waals surface area contributed by atoms with Gasteiger partial charge in [0.25, 0.3) is 5.91 Å². The van der Waals surface area contributed by atoms with Crippen LogP contribution in [0.15, 0.2) is 6.20 Å². The maximum Gasteiger partial charge on any atom is 0.311 e. The first-order valence-corrected chi connectivity index (χ1v) is 8.27. The van der Waals surface area contributed by atoms with Crippen molar-refractivity contribution >= 4 is 23.5 Å². The second-order valence-corrected chi connectivity index (χ2v) is 6.82. The van der Waals surface area contributed by atoms with Gasteiger partial charge in [-0.1, -0.05) is 44.7 Å². The van der Waals surface area contributed by atoms with E-state index in [1.807, 2.05) is 13.8 Å². The van der Waals surface area contributed by atoms with E-state index >= 15 is 0 Å². The van der Waals surface area contributed by atoms with Crippen LogP contribution in [0, 0.1) is 5.41 Å². The molecule has 1 aliphatic carbocycles. The minimum Gasteiger partial charge on any atom is -0.481 e. The van der Waals surface area contributed by atoms with Gasteiger partial charge in [-0.3, -0.25) is 9.59 Å². The maximum absolute atomic E-state index is 12.4. The summed E-state index contributed by atoms with van der Waals surface area (Å²) in [5.41, 5.74) is -0.782. The molecule has 0 aliphatic heterocycles. The summed E-state index contributed by atoms with van der Waals surface area (Å²) in [7, 11) is 0. The molecule has 1 saturated carbocycles. The van der Waals surface area contributed by atoms with E-state index in [9.17, 15) is 14.7 Å². The Morgan fingerprint density at radius 2 is 2.00 bits per heavy atom. The molecule has 7 heteroatoms. The second-order valence-electron chi connectivity index (χ2n) is 6.41. The Hall–Kier alpha value is -1.69. The molecule has 0 spiro atoms. The lowest BCUT2D eigenvalue weighted by atomic mass is 9.74. The van der Waals surface area contributed by atoms with Gasteiger partial charge in [0.2, 0.25) is 0 Å². The molecule has 2 rings (SSSR count). The summed E-state index contributed by atoms with van der Waals surface area (Å²) in [5.74, 6) is -0.702. The first kappa shape index (κ1) is 17.7. The van der Waals surface area contributed by atoms with Gasteiger partial charge < -0.3 is 10.4 Å². The number of hydrogen-bond acceptors (Lipinski definition) is 4. The zero-order chi connectivity index (χ0) is 17.0. The van der Waals surface area contributed by atoms with Crippen molar-refractivity contribution in [3.05, 3.63) is 22.7 Å². The molecular weight excluding hydrogens is 318 g/mol. The summed E-state index contributed by atoms with van der Waals surface area (Å²) in [5, 5.41) is 12.4. The minimum absolute atomic E-state index is 0.0718. The molecule has 0 radical (unpaired) electrons. The lowest BCUT2D eigenvalue weighted by molar-refractivity contribution is -0.150. The van der Waals surface area contributed by atoms with Gasteiger partial charge in [0, 0.05) is 12.5 Å². The van der Waals surface area contributed by atoms with E-state index in [1.54, 1.807) is 0 Å². The lowest BCUT2D eigenvalue weighted by Gasteiger charge is -2.33. The largest absolute Gasteiger partial charge is 0.481 e.